The Bertz CT molecular complexity index is 3410. The van der Waals surface area contributed by atoms with Crippen molar-refractivity contribution in [3.63, 3.8) is 0 Å². The van der Waals surface area contributed by atoms with E-state index >= 15 is 0 Å². The zero-order valence-corrected chi connectivity index (χ0v) is 32.7. The first kappa shape index (κ1) is 32.4. The number of para-hydroxylation sites is 2. The van der Waals surface area contributed by atoms with E-state index in [0.717, 1.165) is 0 Å². The van der Waals surface area contributed by atoms with Crippen molar-refractivity contribution in [2.75, 3.05) is 9.71 Å². The van der Waals surface area contributed by atoms with Gasteiger partial charge in [0, 0.05) is 28.0 Å². The highest BCUT2D eigenvalue weighted by Gasteiger charge is 2.56. The van der Waals surface area contributed by atoms with Gasteiger partial charge in [0.1, 0.15) is 0 Å². The Morgan fingerprint density at radius 1 is 0.383 bits per heavy atom. The molecule has 0 bridgehead atoms. The molecule has 0 radical (unpaired) electrons. The van der Waals surface area contributed by atoms with Gasteiger partial charge in [-0.05, 0) is 107 Å². The first-order valence-corrected chi connectivity index (χ1v) is 21.1. The van der Waals surface area contributed by atoms with Crippen molar-refractivity contribution in [1.29, 1.82) is 0 Å². The molecule has 10 aromatic carbocycles. The molecule has 0 aromatic heterocycles. The van der Waals surface area contributed by atoms with Crippen molar-refractivity contribution in [2.45, 2.75) is 5.41 Å². The molecule has 3 aliphatic heterocycles. The fourth-order valence-corrected chi connectivity index (χ4v) is 11.7. The van der Waals surface area contributed by atoms with Gasteiger partial charge < -0.3 is 9.71 Å². The second-order valence-electron chi connectivity index (χ2n) is 16.7. The van der Waals surface area contributed by atoms with Crippen LogP contribution in [0.3, 0.4) is 0 Å². The van der Waals surface area contributed by atoms with Crippen LogP contribution in [0.5, 0.6) is 0 Å². The van der Waals surface area contributed by atoms with Crippen molar-refractivity contribution in [1.82, 2.24) is 0 Å². The second-order valence-corrected chi connectivity index (χ2v) is 16.7. The summed E-state index contributed by atoms with van der Waals surface area (Å²) >= 11 is 0. The molecule has 0 fully saturated rings. The molecule has 0 amide bonds. The summed E-state index contributed by atoms with van der Waals surface area (Å²) < 4.78 is 0. The summed E-state index contributed by atoms with van der Waals surface area (Å²) in [5.74, 6) is 0. The fraction of sp³-hybridized carbons (Fsp3) is 0.0175. The van der Waals surface area contributed by atoms with Crippen LogP contribution in [-0.4, -0.2) is 6.85 Å². The normalized spacial score (nSPS) is 14.4. The standard InChI is InChI=1S/C57H35BN2/c1-2-15-36(16-3-1)37-29-32-40(33-30-37)60-52-34-31-38-17-4-6-19-41(38)53(52)45-35-39-18-5-7-20-42(39)55-54(45)58(60)50-27-14-26-49-56(50)59(55)51-28-13-12-25-48(51)57(49)46-23-10-8-21-43(46)44-22-9-11-24-47(44)57/h1-35H. The highest BCUT2D eigenvalue weighted by atomic mass is 15.2. The first-order chi connectivity index (χ1) is 29.8. The number of nitrogens with zero attached hydrogens (tertiary/aromatic N) is 2. The molecule has 60 heavy (non-hydrogen) atoms. The molecule has 0 saturated heterocycles. The van der Waals surface area contributed by atoms with Crippen LogP contribution < -0.4 is 20.6 Å². The van der Waals surface area contributed by atoms with Crippen molar-refractivity contribution in [3.8, 4) is 33.4 Å². The lowest BCUT2D eigenvalue weighted by Crippen LogP contribution is -2.62. The lowest BCUT2D eigenvalue weighted by Gasteiger charge is -2.52. The lowest BCUT2D eigenvalue weighted by atomic mass is 9.42. The third kappa shape index (κ3) is 3.95. The average molecular weight is 759 g/mol. The van der Waals surface area contributed by atoms with E-state index in [2.05, 4.69) is 222 Å². The third-order valence-corrected chi connectivity index (χ3v) is 14.0. The maximum Gasteiger partial charge on any atom is 0.333 e. The minimum Gasteiger partial charge on any atom is -0.376 e. The Kier molecular flexibility index (Phi) is 6.33. The first-order valence-electron chi connectivity index (χ1n) is 21.1. The van der Waals surface area contributed by atoms with Crippen LogP contribution in [0.25, 0.3) is 54.9 Å². The van der Waals surface area contributed by atoms with E-state index in [4.69, 9.17) is 0 Å². The molecule has 14 rings (SSSR count). The van der Waals surface area contributed by atoms with Crippen molar-refractivity contribution < 1.29 is 0 Å². The van der Waals surface area contributed by atoms with E-state index in [-0.39, 0.29) is 6.85 Å². The van der Waals surface area contributed by atoms with E-state index in [9.17, 15) is 0 Å². The second kappa shape index (κ2) is 11.7. The molecular formula is C57H35BN2. The average Bonchev–Trinajstić information content (AvgIpc) is 3.61. The largest absolute Gasteiger partial charge is 0.376 e. The number of fused-ring (bicyclic) bond motifs is 17. The number of anilines is 5. The number of benzene rings is 10. The Morgan fingerprint density at radius 2 is 1.00 bits per heavy atom. The summed E-state index contributed by atoms with van der Waals surface area (Å²) in [5.41, 5.74) is 21.4. The Balaban J connectivity index is 1.15. The van der Waals surface area contributed by atoms with Crippen molar-refractivity contribution >= 4 is 67.8 Å². The smallest absolute Gasteiger partial charge is 0.333 e. The minimum absolute atomic E-state index is 0.101. The van der Waals surface area contributed by atoms with Gasteiger partial charge in [-0.1, -0.05) is 182 Å². The summed E-state index contributed by atoms with van der Waals surface area (Å²) in [6.45, 7) is -0.101. The van der Waals surface area contributed by atoms with E-state index in [1.54, 1.807) is 0 Å². The van der Waals surface area contributed by atoms with E-state index in [1.165, 1.54) is 117 Å². The van der Waals surface area contributed by atoms with E-state index < -0.39 is 5.41 Å². The van der Waals surface area contributed by atoms with E-state index in [0.29, 0.717) is 0 Å². The molecule has 4 aliphatic rings. The molecule has 1 spiro atoms. The Labute approximate surface area is 349 Å². The molecule has 276 valence electrons. The summed E-state index contributed by atoms with van der Waals surface area (Å²) in [6.07, 6.45) is 0. The molecule has 0 unspecified atom stereocenters. The van der Waals surface area contributed by atoms with Crippen LogP contribution in [-0.2, 0) is 5.41 Å². The maximum atomic E-state index is 2.67. The molecule has 0 atom stereocenters. The van der Waals surface area contributed by atoms with Crippen LogP contribution in [0.4, 0.5) is 28.4 Å². The molecule has 3 heteroatoms. The number of hydrogen-bond acceptors (Lipinski definition) is 2. The fourth-order valence-electron chi connectivity index (χ4n) is 11.7. The van der Waals surface area contributed by atoms with Crippen molar-refractivity contribution in [3.05, 3.63) is 235 Å². The maximum absolute atomic E-state index is 2.67. The summed E-state index contributed by atoms with van der Waals surface area (Å²) in [6, 6.07) is 79.9. The van der Waals surface area contributed by atoms with Gasteiger partial charge in [-0.2, -0.15) is 0 Å². The van der Waals surface area contributed by atoms with Crippen LogP contribution in [0.2, 0.25) is 0 Å². The predicted octanol–water partition coefficient (Wildman–Crippen LogP) is 13.0. The molecule has 3 heterocycles. The van der Waals surface area contributed by atoms with Gasteiger partial charge in [-0.3, -0.25) is 0 Å². The molecular weight excluding hydrogens is 723 g/mol. The third-order valence-electron chi connectivity index (χ3n) is 14.0. The zero-order chi connectivity index (χ0) is 39.1. The highest BCUT2D eigenvalue weighted by molar-refractivity contribution is 6.94. The van der Waals surface area contributed by atoms with Crippen LogP contribution in [0.1, 0.15) is 22.3 Å². The van der Waals surface area contributed by atoms with Crippen LogP contribution >= 0.6 is 0 Å². The highest BCUT2D eigenvalue weighted by Crippen LogP contribution is 2.64. The Morgan fingerprint density at radius 3 is 1.78 bits per heavy atom. The molecule has 2 nitrogen and oxygen atoms in total. The van der Waals surface area contributed by atoms with Crippen LogP contribution in [0, 0.1) is 0 Å². The molecule has 1 aliphatic carbocycles. The SMILES string of the molecule is c1ccc(-c2ccc(N3B4c5cccc6c5N(c5ccccc5C65c6ccccc6-c6ccccc65)c5c4c(cc4ccccc54)-c4c3ccc3ccccc43)cc2)cc1. The zero-order valence-electron chi connectivity index (χ0n) is 32.7. The van der Waals surface area contributed by atoms with E-state index in [1.807, 2.05) is 0 Å². The van der Waals surface area contributed by atoms with Gasteiger partial charge in [0.15, 0.2) is 0 Å². The van der Waals surface area contributed by atoms with Gasteiger partial charge in [-0.25, -0.2) is 0 Å². The quantitative estimate of drug-likeness (QED) is 0.162. The van der Waals surface area contributed by atoms with Gasteiger partial charge in [0.25, 0.3) is 0 Å². The van der Waals surface area contributed by atoms with Gasteiger partial charge in [0.05, 0.1) is 16.8 Å². The Hall–Kier alpha value is -7.62. The molecule has 0 N–H and O–H groups in total. The predicted molar refractivity (Wildman–Crippen MR) is 251 cm³/mol. The van der Waals surface area contributed by atoms with Crippen LogP contribution in [0.15, 0.2) is 212 Å². The number of hydrogen-bond donors (Lipinski definition) is 0. The van der Waals surface area contributed by atoms with Gasteiger partial charge >= 0.3 is 6.85 Å². The van der Waals surface area contributed by atoms with Crippen molar-refractivity contribution in [2.24, 2.45) is 0 Å². The summed E-state index contributed by atoms with van der Waals surface area (Å²) in [4.78, 5) is 5.33. The summed E-state index contributed by atoms with van der Waals surface area (Å²) in [5, 5.41) is 5.04. The monoisotopic (exact) mass is 758 g/mol. The summed E-state index contributed by atoms with van der Waals surface area (Å²) in [7, 11) is 0. The van der Waals surface area contributed by atoms with Gasteiger partial charge in [-0.15, -0.1) is 0 Å². The molecule has 0 saturated carbocycles. The number of rotatable bonds is 2. The van der Waals surface area contributed by atoms with Gasteiger partial charge in [0.2, 0.25) is 0 Å². The topological polar surface area (TPSA) is 6.48 Å². The molecule has 10 aromatic rings. The lowest BCUT2D eigenvalue weighted by molar-refractivity contribution is 0.754. The minimum atomic E-state index is -0.499.